The Morgan fingerprint density at radius 3 is 2.16 bits per heavy atom. The number of hydrogen-bond acceptors (Lipinski definition) is 8. The molecule has 2 heterocycles. The first-order chi connectivity index (χ1) is 20.5. The van der Waals surface area contributed by atoms with Gasteiger partial charge < -0.3 is 14.6 Å². The molecule has 15 heteroatoms. The van der Waals surface area contributed by atoms with Gasteiger partial charge in [-0.1, -0.05) is 42.5 Å². The summed E-state index contributed by atoms with van der Waals surface area (Å²) in [6, 6.07) is 19.9. The van der Waals surface area contributed by atoms with Gasteiger partial charge in [-0.15, -0.1) is 0 Å². The number of nitrogens with zero attached hydrogens (tertiary/aromatic N) is 1. The fourth-order valence-corrected chi connectivity index (χ4v) is 4.90. The highest BCUT2D eigenvalue weighted by molar-refractivity contribution is 7.86. The molecule has 1 aliphatic rings. The first-order valence-corrected chi connectivity index (χ1v) is 14.2. The Morgan fingerprint density at radius 2 is 1.57 bits per heavy atom. The van der Waals surface area contributed by atoms with Crippen LogP contribution in [0.15, 0.2) is 66.7 Å². The number of alkyl halides is 3. The van der Waals surface area contributed by atoms with E-state index in [0.717, 1.165) is 16.6 Å². The standard InChI is InChI=1S/C28H22N2O6.CHF3O3S/c1-15(28(35)36-22-14-23(31)29-26(22)32)16-8-3-4-9-17(16)18-11-7-12-20-24(27(33)34)19-10-5-6-13-21(19)30(2)25(18)20;2-1(3,4)8(5,6)7/h3-13,15,22H,14H2,1-2H3,(H-,29,31,32,33,34);(H,5,6,7). The number of hydrogen-bond donors (Lipinski definition) is 2. The summed E-state index contributed by atoms with van der Waals surface area (Å²) in [5.41, 5.74) is -1.96. The molecule has 0 radical (unpaired) electrons. The van der Waals surface area contributed by atoms with Crippen molar-refractivity contribution < 1.29 is 59.7 Å². The lowest BCUT2D eigenvalue weighted by Crippen LogP contribution is -2.33. The first kappa shape index (κ1) is 32.0. The maximum Gasteiger partial charge on any atom is 0.522 e. The van der Waals surface area contributed by atoms with Crippen LogP contribution in [0, 0.1) is 0 Å². The summed E-state index contributed by atoms with van der Waals surface area (Å²) in [5, 5.41) is 15.4. The lowest BCUT2D eigenvalue weighted by atomic mass is 9.89. The zero-order valence-electron chi connectivity index (χ0n) is 22.9. The van der Waals surface area contributed by atoms with Crippen molar-refractivity contribution in [2.45, 2.75) is 30.9 Å². The normalized spacial score (nSPS) is 15.8. The number of benzene rings is 3. The SMILES string of the molecule is CC(C(=O)OC1CC(=O)NC1=O)c1ccccc1-c1cccc2c(C(=O)[O-])c3ccccc3[n+](C)c12.O=S(=O)(O)C(F)(F)F. The molecule has 5 rings (SSSR count). The summed E-state index contributed by atoms with van der Waals surface area (Å²) < 4.78 is 64.8. The Morgan fingerprint density at radius 1 is 1.00 bits per heavy atom. The third-order valence-electron chi connectivity index (χ3n) is 6.93. The number of carbonyl (C=O) groups excluding carboxylic acids is 4. The zero-order chi connectivity index (χ0) is 32.6. The molecule has 2 unspecified atom stereocenters. The van der Waals surface area contributed by atoms with Crippen molar-refractivity contribution in [3.63, 3.8) is 0 Å². The minimum Gasteiger partial charge on any atom is -0.545 e. The Labute approximate surface area is 247 Å². The van der Waals surface area contributed by atoms with Crippen LogP contribution in [0.4, 0.5) is 13.2 Å². The average Bonchev–Trinajstić information content (AvgIpc) is 3.27. The number of nitrogens with one attached hydrogen (secondary N) is 1. The maximum absolute atomic E-state index is 13.0. The molecular weight excluding hydrogens is 609 g/mol. The largest absolute Gasteiger partial charge is 0.545 e. The average molecular weight is 633 g/mol. The van der Waals surface area contributed by atoms with E-state index in [1.54, 1.807) is 43.3 Å². The molecule has 0 aliphatic carbocycles. The van der Waals surface area contributed by atoms with Gasteiger partial charge in [0.2, 0.25) is 16.9 Å². The molecule has 0 saturated carbocycles. The van der Waals surface area contributed by atoms with E-state index in [-0.39, 0.29) is 12.0 Å². The highest BCUT2D eigenvalue weighted by Gasteiger charge is 2.44. The number of fused-ring (bicyclic) bond motifs is 2. The number of aryl methyl sites for hydroxylation is 1. The van der Waals surface area contributed by atoms with Crippen LogP contribution in [-0.4, -0.2) is 48.3 Å². The summed E-state index contributed by atoms with van der Waals surface area (Å²) >= 11 is 0. The molecule has 1 saturated heterocycles. The van der Waals surface area contributed by atoms with E-state index >= 15 is 0 Å². The number of aromatic carboxylic acids is 1. The molecule has 44 heavy (non-hydrogen) atoms. The Bertz CT molecular complexity index is 1940. The number of halogens is 3. The molecule has 3 aromatic carbocycles. The second-order valence-corrected chi connectivity index (χ2v) is 11.1. The lowest BCUT2D eigenvalue weighted by molar-refractivity contribution is -0.617. The van der Waals surface area contributed by atoms with E-state index in [4.69, 9.17) is 17.7 Å². The van der Waals surface area contributed by atoms with Gasteiger partial charge in [0.05, 0.1) is 34.6 Å². The number of carbonyl (C=O) groups is 4. The van der Waals surface area contributed by atoms with Crippen LogP contribution in [0.25, 0.3) is 32.9 Å². The number of carboxylic acid groups (broad SMARTS) is 1. The molecule has 0 bridgehead atoms. The molecule has 11 nitrogen and oxygen atoms in total. The van der Waals surface area contributed by atoms with Crippen molar-refractivity contribution >= 4 is 55.7 Å². The second-order valence-electron chi connectivity index (χ2n) is 9.71. The highest BCUT2D eigenvalue weighted by atomic mass is 32.2. The smallest absolute Gasteiger partial charge is 0.522 e. The van der Waals surface area contributed by atoms with E-state index < -0.39 is 51.4 Å². The molecule has 230 valence electrons. The molecule has 2 atom stereocenters. The first-order valence-electron chi connectivity index (χ1n) is 12.7. The van der Waals surface area contributed by atoms with Gasteiger partial charge in [0.1, 0.15) is 7.05 Å². The van der Waals surface area contributed by atoms with E-state index in [0.29, 0.717) is 21.9 Å². The van der Waals surface area contributed by atoms with Crippen molar-refractivity contribution in [2.24, 2.45) is 7.05 Å². The summed E-state index contributed by atoms with van der Waals surface area (Å²) in [6.45, 7) is 1.67. The quantitative estimate of drug-likeness (QED) is 0.0837. The number of rotatable bonds is 5. The summed E-state index contributed by atoms with van der Waals surface area (Å²) in [4.78, 5) is 48.6. The summed E-state index contributed by atoms with van der Waals surface area (Å²) in [5.74, 6) is -3.78. The van der Waals surface area contributed by atoms with Gasteiger partial charge >= 0.3 is 21.6 Å². The van der Waals surface area contributed by atoms with Crippen molar-refractivity contribution in [3.8, 4) is 11.1 Å². The topological polar surface area (TPSA) is 171 Å². The minimum atomic E-state index is -5.84. The number of esters is 1. The maximum atomic E-state index is 13.0. The van der Waals surface area contributed by atoms with Crippen LogP contribution in [0.3, 0.4) is 0 Å². The van der Waals surface area contributed by atoms with Gasteiger partial charge in [0, 0.05) is 11.6 Å². The van der Waals surface area contributed by atoms with Crippen LogP contribution in [0.2, 0.25) is 0 Å². The van der Waals surface area contributed by atoms with Crippen LogP contribution in [0.1, 0.15) is 35.2 Å². The fourth-order valence-electron chi connectivity index (χ4n) is 4.90. The molecule has 2 amide bonds. The van der Waals surface area contributed by atoms with Gasteiger partial charge in [-0.2, -0.15) is 26.2 Å². The number of pyridine rings is 1. The van der Waals surface area contributed by atoms with Gasteiger partial charge in [-0.05, 0) is 36.2 Å². The molecule has 4 aromatic rings. The molecule has 2 N–H and O–H groups in total. The third kappa shape index (κ3) is 6.23. The van der Waals surface area contributed by atoms with Crippen LogP contribution >= 0.6 is 0 Å². The number of aromatic nitrogens is 1. The summed E-state index contributed by atoms with van der Waals surface area (Å²) in [7, 11) is -3.98. The number of imide groups is 1. The van der Waals surface area contributed by atoms with Gasteiger partial charge in [0.15, 0.2) is 6.10 Å². The van der Waals surface area contributed by atoms with Crippen molar-refractivity contribution in [3.05, 3.63) is 77.9 Å². The molecule has 0 spiro atoms. The van der Waals surface area contributed by atoms with Crippen LogP contribution in [-0.2, 0) is 36.3 Å². The van der Waals surface area contributed by atoms with Gasteiger partial charge in [-0.25, -0.2) is 0 Å². The Kier molecular flexibility index (Phi) is 8.74. The van der Waals surface area contributed by atoms with Crippen molar-refractivity contribution in [2.75, 3.05) is 0 Å². The van der Waals surface area contributed by atoms with Crippen LogP contribution < -0.4 is 15.0 Å². The Hall–Kier alpha value is -4.89. The lowest BCUT2D eigenvalue weighted by Gasteiger charge is -2.18. The number of amides is 2. The van der Waals surface area contributed by atoms with E-state index in [9.17, 15) is 37.5 Å². The highest BCUT2D eigenvalue weighted by Crippen LogP contribution is 2.36. The fraction of sp³-hybridized carbons (Fsp3) is 0.207. The predicted molar refractivity (Wildman–Crippen MR) is 146 cm³/mol. The molecule has 1 fully saturated rings. The van der Waals surface area contributed by atoms with E-state index in [1.165, 1.54) is 0 Å². The van der Waals surface area contributed by atoms with Crippen molar-refractivity contribution in [1.29, 1.82) is 0 Å². The molecule has 1 aromatic heterocycles. The second kappa shape index (κ2) is 12.0. The van der Waals surface area contributed by atoms with Gasteiger partial charge in [-0.3, -0.25) is 24.3 Å². The molecular formula is C29H23F3N2O9S. The minimum absolute atomic E-state index is 0.0994. The van der Waals surface area contributed by atoms with Gasteiger partial charge in [0.25, 0.3) is 5.91 Å². The van der Waals surface area contributed by atoms with E-state index in [1.807, 2.05) is 41.9 Å². The zero-order valence-corrected chi connectivity index (χ0v) is 23.7. The number of ether oxygens (including phenoxy) is 1. The monoisotopic (exact) mass is 632 g/mol. The summed E-state index contributed by atoms with van der Waals surface area (Å²) in [6.07, 6.45) is -1.34. The number of para-hydroxylation sites is 2. The van der Waals surface area contributed by atoms with Crippen LogP contribution in [0.5, 0.6) is 0 Å². The predicted octanol–water partition coefficient (Wildman–Crippen LogP) is 2.30. The number of carboxylic acids is 1. The third-order valence-corrected chi connectivity index (χ3v) is 7.51. The van der Waals surface area contributed by atoms with E-state index in [2.05, 4.69) is 5.32 Å². The van der Waals surface area contributed by atoms with Crippen molar-refractivity contribution in [1.82, 2.24) is 5.32 Å². The Balaban J connectivity index is 0.000000488. The molecule has 1 aliphatic heterocycles.